The van der Waals surface area contributed by atoms with Crippen LogP contribution in [-0.2, 0) is 24.0 Å². The first-order valence-electron chi connectivity index (χ1n) is 15.2. The van der Waals surface area contributed by atoms with E-state index in [9.17, 15) is 37.1 Å². The lowest BCUT2D eigenvalue weighted by Gasteiger charge is -2.17. The first-order chi connectivity index (χ1) is 22.9. The number of halogens is 3. The van der Waals surface area contributed by atoms with Crippen LogP contribution < -0.4 is 25.4 Å². The van der Waals surface area contributed by atoms with Crippen molar-refractivity contribution in [3.8, 4) is 17.2 Å². The number of carbonyl (C=O) groups excluding carboxylic acids is 4. The van der Waals surface area contributed by atoms with Crippen molar-refractivity contribution >= 4 is 35.2 Å². The first kappa shape index (κ1) is 37.1. The average Bonchev–Trinajstić information content (AvgIpc) is 3.06. The van der Waals surface area contributed by atoms with Gasteiger partial charge in [-0.15, -0.1) is 0 Å². The molecule has 1 saturated carbocycles. The Hall–Kier alpha value is -5.40. The minimum Gasteiger partial charge on any atom is -0.481 e. The lowest BCUT2D eigenvalue weighted by molar-refractivity contribution is -0.140. The van der Waals surface area contributed by atoms with Gasteiger partial charge in [0.25, 0.3) is 0 Å². The molecule has 1 atom stereocenters. The van der Waals surface area contributed by atoms with Crippen LogP contribution in [0.5, 0.6) is 17.2 Å². The highest BCUT2D eigenvalue weighted by Crippen LogP contribution is 2.29. The van der Waals surface area contributed by atoms with Gasteiger partial charge in [-0.2, -0.15) is 4.39 Å². The second-order valence-corrected chi connectivity index (χ2v) is 10.9. The van der Waals surface area contributed by atoms with Crippen molar-refractivity contribution in [3.05, 3.63) is 84.2 Å². The number of hydrogen-bond acceptors (Lipinski definition) is 7. The van der Waals surface area contributed by atoms with Crippen LogP contribution in [0.4, 0.5) is 18.9 Å². The molecule has 1 aliphatic rings. The van der Waals surface area contributed by atoms with Crippen molar-refractivity contribution in [3.63, 3.8) is 0 Å². The number of hydrogen-bond donors (Lipinski definition) is 4. The molecule has 3 amide bonds. The molecule has 0 radical (unpaired) electrons. The Kier molecular flexibility index (Phi) is 14.4. The number of rotatable bonds is 12. The number of amides is 3. The van der Waals surface area contributed by atoms with E-state index in [1.807, 2.05) is 10.6 Å². The maximum Gasteiger partial charge on any atom is 0.313 e. The molecule has 0 aliphatic heterocycles. The van der Waals surface area contributed by atoms with E-state index >= 15 is 0 Å². The summed E-state index contributed by atoms with van der Waals surface area (Å²) in [6.07, 6.45) is 6.49. The molecule has 0 aromatic heterocycles. The van der Waals surface area contributed by atoms with Crippen LogP contribution in [0.15, 0.2) is 66.7 Å². The molecule has 0 saturated heterocycles. The summed E-state index contributed by atoms with van der Waals surface area (Å²) in [6, 6.07) is 14.2. The minimum absolute atomic E-state index is 0.152. The number of Topliss-reactive ketones (excluding diaryl/α,β-unsaturated/α-hetero) is 1. The number of benzene rings is 3. The molecule has 3 aromatic rings. The largest absolute Gasteiger partial charge is 0.481 e. The molecule has 3 aromatic carbocycles. The number of carboxylic acid groups (broad SMARTS) is 1. The van der Waals surface area contributed by atoms with Crippen LogP contribution in [0.25, 0.3) is 0 Å². The maximum atomic E-state index is 13.7. The standard InChI is InChI=1S/C27H22F3N3O8.C7H14/c28-16-10-11-17(29)25(24(16)30)40-14-20(34)19(12-23(36)37)32-22(35)13-31-26(38)27(39)33-18-8-4-5-9-21(18)41-15-6-2-1-3-7-15;1-7-5-3-2-4-6-7/h1-11,19H,12-14H2,(H,31,38)(H,32,35)(H,33,39)(H,36,37);7H,2-6H2,1H3/t19-;/m0./s1. The maximum absolute atomic E-state index is 13.7. The van der Waals surface area contributed by atoms with Crippen LogP contribution in [0.2, 0.25) is 0 Å². The van der Waals surface area contributed by atoms with E-state index in [4.69, 9.17) is 9.84 Å². The second kappa shape index (κ2) is 18.7. The first-order valence-corrected chi connectivity index (χ1v) is 15.2. The van der Waals surface area contributed by atoms with Gasteiger partial charge in [-0.3, -0.25) is 24.0 Å². The summed E-state index contributed by atoms with van der Waals surface area (Å²) >= 11 is 0. The number of nitrogens with one attached hydrogen (secondary N) is 3. The zero-order chi connectivity index (χ0) is 35.1. The second-order valence-electron chi connectivity index (χ2n) is 10.9. The molecule has 0 unspecified atom stereocenters. The highest BCUT2D eigenvalue weighted by molar-refractivity contribution is 6.40. The number of ketones is 1. The van der Waals surface area contributed by atoms with E-state index in [1.165, 1.54) is 38.2 Å². The number of ether oxygens (including phenoxy) is 2. The van der Waals surface area contributed by atoms with Gasteiger partial charge in [0.15, 0.2) is 28.9 Å². The Morgan fingerprint density at radius 1 is 0.854 bits per heavy atom. The smallest absolute Gasteiger partial charge is 0.313 e. The van der Waals surface area contributed by atoms with Gasteiger partial charge in [0, 0.05) is 0 Å². The van der Waals surface area contributed by atoms with E-state index in [2.05, 4.69) is 17.0 Å². The SMILES string of the molecule is CC1CCCCC1.O=C(O)C[C@H](NC(=O)CNC(=O)C(=O)Nc1ccccc1Oc1ccccc1)C(=O)COc1c(F)ccc(F)c1F. The Bertz CT molecular complexity index is 1580. The summed E-state index contributed by atoms with van der Waals surface area (Å²) in [5, 5.41) is 15.4. The van der Waals surface area contributed by atoms with Crippen molar-refractivity contribution in [2.24, 2.45) is 5.92 Å². The van der Waals surface area contributed by atoms with Crippen molar-refractivity contribution in [1.82, 2.24) is 10.6 Å². The van der Waals surface area contributed by atoms with E-state index in [0.717, 1.165) is 5.92 Å². The fraction of sp³-hybridized carbons (Fsp3) is 0.324. The quantitative estimate of drug-likeness (QED) is 0.152. The highest BCUT2D eigenvalue weighted by Gasteiger charge is 2.26. The van der Waals surface area contributed by atoms with Crippen molar-refractivity contribution in [2.45, 2.75) is 51.5 Å². The van der Waals surface area contributed by atoms with Crippen molar-refractivity contribution in [1.29, 1.82) is 0 Å². The summed E-state index contributed by atoms with van der Waals surface area (Å²) < 4.78 is 51.1. The molecule has 48 heavy (non-hydrogen) atoms. The molecule has 1 aliphatic carbocycles. The molecule has 14 heteroatoms. The van der Waals surface area contributed by atoms with Gasteiger partial charge in [0.2, 0.25) is 11.7 Å². The summed E-state index contributed by atoms with van der Waals surface area (Å²) in [5.41, 5.74) is 0.152. The molecule has 11 nitrogen and oxygen atoms in total. The third kappa shape index (κ3) is 12.1. The number of carbonyl (C=O) groups is 5. The molecule has 0 heterocycles. The van der Waals surface area contributed by atoms with E-state index < -0.39 is 78.3 Å². The topological polar surface area (TPSA) is 160 Å². The van der Waals surface area contributed by atoms with Crippen LogP contribution in [0.1, 0.15) is 45.4 Å². The number of anilines is 1. The third-order valence-electron chi connectivity index (χ3n) is 7.08. The summed E-state index contributed by atoms with van der Waals surface area (Å²) in [6.45, 7) is 0.403. The van der Waals surface area contributed by atoms with Gasteiger partial charge in [0.1, 0.15) is 18.4 Å². The Labute approximate surface area is 274 Å². The molecular formula is C34H36F3N3O8. The Balaban J connectivity index is 0.000000789. The van der Waals surface area contributed by atoms with E-state index in [0.29, 0.717) is 17.9 Å². The highest BCUT2D eigenvalue weighted by atomic mass is 19.2. The molecule has 0 spiro atoms. The molecule has 256 valence electrons. The predicted molar refractivity (Wildman–Crippen MR) is 168 cm³/mol. The van der Waals surface area contributed by atoms with Crippen LogP contribution >= 0.6 is 0 Å². The monoisotopic (exact) mass is 671 g/mol. The summed E-state index contributed by atoms with van der Waals surface area (Å²) in [5.74, 6) is -10.0. The van der Waals surface area contributed by atoms with Gasteiger partial charge in [-0.25, -0.2) is 8.78 Å². The van der Waals surface area contributed by atoms with Crippen LogP contribution in [0, 0.1) is 23.4 Å². The summed E-state index contributed by atoms with van der Waals surface area (Å²) in [4.78, 5) is 60.4. The Morgan fingerprint density at radius 2 is 1.50 bits per heavy atom. The minimum atomic E-state index is -1.74. The molecular weight excluding hydrogens is 635 g/mol. The van der Waals surface area contributed by atoms with Gasteiger partial charge >= 0.3 is 17.8 Å². The average molecular weight is 672 g/mol. The zero-order valence-corrected chi connectivity index (χ0v) is 26.1. The van der Waals surface area contributed by atoms with Crippen LogP contribution in [0.3, 0.4) is 0 Å². The molecule has 4 N–H and O–H groups in total. The van der Waals surface area contributed by atoms with Crippen molar-refractivity contribution < 1.29 is 51.7 Å². The molecule has 4 rings (SSSR count). The fourth-order valence-electron chi connectivity index (χ4n) is 4.55. The lowest BCUT2D eigenvalue weighted by atomic mass is 9.91. The number of aliphatic carboxylic acids is 1. The van der Waals surface area contributed by atoms with E-state index in [1.54, 1.807) is 48.5 Å². The number of para-hydroxylation sites is 3. The number of carboxylic acids is 1. The Morgan fingerprint density at radius 3 is 2.15 bits per heavy atom. The van der Waals surface area contributed by atoms with Gasteiger partial charge in [-0.1, -0.05) is 69.4 Å². The van der Waals surface area contributed by atoms with Gasteiger partial charge < -0.3 is 30.5 Å². The van der Waals surface area contributed by atoms with Gasteiger partial charge in [0.05, 0.1) is 18.7 Å². The molecule has 1 fully saturated rings. The fourth-order valence-corrected chi connectivity index (χ4v) is 4.55. The lowest BCUT2D eigenvalue weighted by Crippen LogP contribution is -2.49. The van der Waals surface area contributed by atoms with Crippen molar-refractivity contribution in [2.75, 3.05) is 18.5 Å². The van der Waals surface area contributed by atoms with Gasteiger partial charge in [-0.05, 0) is 42.3 Å². The zero-order valence-electron chi connectivity index (χ0n) is 26.1. The third-order valence-corrected chi connectivity index (χ3v) is 7.08. The normalized spacial score (nSPS) is 13.2. The predicted octanol–water partition coefficient (Wildman–Crippen LogP) is 5.15. The van der Waals surface area contributed by atoms with Crippen LogP contribution in [-0.4, -0.2) is 53.8 Å². The molecule has 0 bridgehead atoms. The summed E-state index contributed by atoms with van der Waals surface area (Å²) in [7, 11) is 0. The van der Waals surface area contributed by atoms with E-state index in [-0.39, 0.29) is 11.4 Å².